The van der Waals surface area contributed by atoms with E-state index in [4.69, 9.17) is 0 Å². The molecule has 4 atom stereocenters. The summed E-state index contributed by atoms with van der Waals surface area (Å²) in [5, 5.41) is -0.538. The van der Waals surface area contributed by atoms with Gasteiger partial charge in [-0.2, -0.15) is 0 Å². The van der Waals surface area contributed by atoms with Gasteiger partial charge in [-0.25, -0.2) is 18.2 Å². The minimum absolute atomic E-state index is 0.00502. The van der Waals surface area contributed by atoms with E-state index in [2.05, 4.69) is 43.0 Å². The highest BCUT2D eigenvalue weighted by atomic mass is 31.0. The first-order chi connectivity index (χ1) is 15.7. The molecule has 0 radical (unpaired) electrons. The van der Waals surface area contributed by atoms with Crippen molar-refractivity contribution in [1.82, 2.24) is 15.3 Å². The Bertz CT molecular complexity index is 1070. The largest absolute Gasteiger partial charge is 0.351 e. The number of carbonyl (C=O) groups excluding carboxylic acids is 1. The third kappa shape index (κ3) is 7.25. The lowest BCUT2D eigenvalue weighted by atomic mass is 9.85. The van der Waals surface area contributed by atoms with Gasteiger partial charge in [-0.15, -0.1) is 9.24 Å². The summed E-state index contributed by atoms with van der Waals surface area (Å²) in [5.41, 5.74) is 0.565. The number of fused-ring (bicyclic) bond motifs is 1. The predicted molar refractivity (Wildman–Crippen MR) is 144 cm³/mol. The number of hydrogen-bond donors (Lipinski definition) is 2. The number of nitrogens with one attached hydrogen (secondary N) is 2. The van der Waals surface area contributed by atoms with E-state index in [0.29, 0.717) is 37.1 Å². The molecule has 0 bridgehead atoms. The Morgan fingerprint density at radius 2 is 1.97 bits per heavy atom. The van der Waals surface area contributed by atoms with Crippen LogP contribution in [0.5, 0.6) is 0 Å². The van der Waals surface area contributed by atoms with Crippen molar-refractivity contribution >= 4 is 50.2 Å². The number of alkyl halides is 2. The van der Waals surface area contributed by atoms with Crippen LogP contribution in [0, 0.1) is 11.7 Å². The zero-order valence-corrected chi connectivity index (χ0v) is 23.4. The normalized spacial score (nSPS) is 23.7. The number of imidazole rings is 1. The molecule has 1 amide bonds. The smallest absolute Gasteiger partial charge is 0.251 e. The van der Waals surface area contributed by atoms with E-state index >= 15 is 4.39 Å². The maximum absolute atomic E-state index is 15.6. The molecule has 10 heteroatoms. The molecule has 0 saturated heterocycles. The minimum atomic E-state index is -1.86. The Labute approximate surface area is 206 Å². The highest BCUT2D eigenvalue weighted by Crippen LogP contribution is 2.41. The van der Waals surface area contributed by atoms with Gasteiger partial charge in [0.05, 0.1) is 5.52 Å². The summed E-state index contributed by atoms with van der Waals surface area (Å²) >= 11 is 0. The van der Waals surface area contributed by atoms with Crippen molar-refractivity contribution < 1.29 is 18.0 Å². The Hall–Kier alpha value is -1.02. The lowest BCUT2D eigenvalue weighted by Crippen LogP contribution is -2.35. The fourth-order valence-electron chi connectivity index (χ4n) is 4.04. The van der Waals surface area contributed by atoms with Gasteiger partial charge in [-0.1, -0.05) is 39.3 Å². The summed E-state index contributed by atoms with van der Waals surface area (Å²) in [6, 6.07) is 3.15. The average molecular weight is 531 g/mol. The molecule has 1 saturated carbocycles. The second-order valence-corrected chi connectivity index (χ2v) is 13.8. The van der Waals surface area contributed by atoms with Crippen LogP contribution in [0.25, 0.3) is 16.6 Å². The first kappa shape index (κ1) is 27.6. The Morgan fingerprint density at radius 3 is 2.56 bits per heavy atom. The summed E-state index contributed by atoms with van der Waals surface area (Å²) in [6.07, 6.45) is 4.32. The zero-order chi connectivity index (χ0) is 25.3. The molecule has 1 aromatic carbocycles. The Kier molecular flexibility index (Phi) is 8.54. The molecule has 2 aromatic rings. The SMILES string of the molecule is CCC(F)(P)/C=C(\C(=O)NCC(C)(C)P)c1ccc2[nH]c(CC3CCC(F)(P)CC3)nc2c1F. The van der Waals surface area contributed by atoms with Crippen molar-refractivity contribution in [1.29, 1.82) is 0 Å². The first-order valence-electron chi connectivity index (χ1n) is 11.6. The van der Waals surface area contributed by atoms with Gasteiger partial charge in [0, 0.05) is 24.1 Å². The molecule has 188 valence electrons. The summed E-state index contributed by atoms with van der Waals surface area (Å²) < 4.78 is 44.6. The van der Waals surface area contributed by atoms with Crippen LogP contribution in [-0.4, -0.2) is 38.4 Å². The van der Waals surface area contributed by atoms with Crippen LogP contribution in [0.4, 0.5) is 13.2 Å². The summed E-state index contributed by atoms with van der Waals surface area (Å²) in [4.78, 5) is 20.6. The highest BCUT2D eigenvalue weighted by molar-refractivity contribution is 7.19. The molecule has 1 aliphatic rings. The quantitative estimate of drug-likeness (QED) is 0.321. The van der Waals surface area contributed by atoms with Gasteiger partial charge in [0.15, 0.2) is 5.82 Å². The molecular weight excluding hydrogens is 496 g/mol. The molecule has 0 aliphatic heterocycles. The number of amides is 1. The number of aromatic nitrogens is 2. The standard InChI is InChI=1S/C24H35F3N3OP3/c1-4-23(26,33)12-16(21(31)28-13-22(2,3)32)15-5-6-17-20(19(15)25)30-18(29-17)11-14-7-9-24(27,34)10-8-14/h5-6,12,14H,4,7-11,13,32-34H2,1-3H3,(H,28,31)(H,29,30)/b16-12-. The molecule has 1 aromatic heterocycles. The van der Waals surface area contributed by atoms with E-state index in [1.165, 1.54) is 6.07 Å². The van der Waals surface area contributed by atoms with Crippen molar-refractivity contribution in [2.24, 2.45) is 5.92 Å². The number of benzene rings is 1. The van der Waals surface area contributed by atoms with Gasteiger partial charge in [-0.05, 0) is 61.4 Å². The van der Waals surface area contributed by atoms with E-state index in [9.17, 15) is 13.6 Å². The third-order valence-corrected chi connectivity index (χ3v) is 7.58. The minimum Gasteiger partial charge on any atom is -0.351 e. The van der Waals surface area contributed by atoms with E-state index < -0.39 is 22.5 Å². The second-order valence-electron chi connectivity index (χ2n) is 10.2. The van der Waals surface area contributed by atoms with Crippen LogP contribution in [0.15, 0.2) is 18.2 Å². The first-order valence-corrected chi connectivity index (χ1v) is 13.4. The zero-order valence-electron chi connectivity index (χ0n) is 20.0. The Balaban J connectivity index is 1.92. The van der Waals surface area contributed by atoms with Crippen molar-refractivity contribution in [3.8, 4) is 0 Å². The molecule has 2 N–H and O–H groups in total. The van der Waals surface area contributed by atoms with Gasteiger partial charge in [0.1, 0.15) is 22.2 Å². The number of aromatic amines is 1. The van der Waals surface area contributed by atoms with E-state index in [1.54, 1.807) is 13.0 Å². The number of allylic oxidation sites excluding steroid dienone is 1. The maximum Gasteiger partial charge on any atom is 0.251 e. The van der Waals surface area contributed by atoms with E-state index in [-0.39, 0.29) is 34.1 Å². The number of H-pyrrole nitrogens is 1. The lowest BCUT2D eigenvalue weighted by Gasteiger charge is -2.30. The number of halogens is 3. The number of rotatable bonds is 8. The van der Waals surface area contributed by atoms with Crippen molar-refractivity contribution in [3.05, 3.63) is 35.4 Å². The summed E-state index contributed by atoms with van der Waals surface area (Å²) in [7, 11) is 7.01. The molecule has 1 fully saturated rings. The molecule has 34 heavy (non-hydrogen) atoms. The fourth-order valence-corrected chi connectivity index (χ4v) is 4.65. The van der Waals surface area contributed by atoms with Crippen LogP contribution in [0.3, 0.4) is 0 Å². The van der Waals surface area contributed by atoms with Gasteiger partial charge in [0.25, 0.3) is 5.91 Å². The van der Waals surface area contributed by atoms with E-state index in [1.807, 2.05) is 13.8 Å². The summed E-state index contributed by atoms with van der Waals surface area (Å²) in [5.74, 6) is -0.306. The number of hydrogen-bond acceptors (Lipinski definition) is 2. The van der Waals surface area contributed by atoms with Crippen molar-refractivity contribution in [3.63, 3.8) is 0 Å². The van der Waals surface area contributed by atoms with Gasteiger partial charge >= 0.3 is 0 Å². The molecule has 3 rings (SSSR count). The molecule has 1 heterocycles. The molecular formula is C24H35F3N3OP3. The van der Waals surface area contributed by atoms with Crippen LogP contribution >= 0.6 is 27.7 Å². The Morgan fingerprint density at radius 1 is 1.32 bits per heavy atom. The molecule has 4 nitrogen and oxygen atoms in total. The van der Waals surface area contributed by atoms with E-state index in [0.717, 1.165) is 18.9 Å². The lowest BCUT2D eigenvalue weighted by molar-refractivity contribution is -0.115. The van der Waals surface area contributed by atoms with Crippen molar-refractivity contribution in [2.75, 3.05) is 6.54 Å². The van der Waals surface area contributed by atoms with Crippen LogP contribution in [-0.2, 0) is 11.2 Å². The second kappa shape index (κ2) is 10.5. The summed E-state index contributed by atoms with van der Waals surface area (Å²) in [6.45, 7) is 5.84. The van der Waals surface area contributed by atoms with Gasteiger partial charge in [-0.3, -0.25) is 4.79 Å². The monoisotopic (exact) mass is 531 g/mol. The predicted octanol–water partition coefficient (Wildman–Crippen LogP) is 6.08. The van der Waals surface area contributed by atoms with Crippen LogP contribution in [0.1, 0.15) is 64.3 Å². The number of nitrogens with zero attached hydrogens (tertiary/aromatic N) is 1. The highest BCUT2D eigenvalue weighted by Gasteiger charge is 2.31. The molecule has 0 spiro atoms. The molecule has 4 unspecified atom stereocenters. The average Bonchev–Trinajstić information content (AvgIpc) is 3.15. The third-order valence-electron chi connectivity index (χ3n) is 6.23. The maximum atomic E-state index is 15.6. The van der Waals surface area contributed by atoms with Gasteiger partial charge in [0.2, 0.25) is 0 Å². The van der Waals surface area contributed by atoms with Crippen LogP contribution < -0.4 is 5.32 Å². The van der Waals surface area contributed by atoms with Crippen LogP contribution in [0.2, 0.25) is 0 Å². The van der Waals surface area contributed by atoms with Gasteiger partial charge < -0.3 is 10.3 Å². The fraction of sp³-hybridized carbons (Fsp3) is 0.583. The van der Waals surface area contributed by atoms with Crippen molar-refractivity contribution in [2.45, 2.75) is 75.3 Å². The number of carbonyl (C=O) groups is 1. The molecule has 1 aliphatic carbocycles. The topological polar surface area (TPSA) is 57.8 Å².